The molecule has 0 radical (unpaired) electrons. The summed E-state index contributed by atoms with van der Waals surface area (Å²) in [5.74, 6) is 1.72. The van der Waals surface area contributed by atoms with Crippen molar-refractivity contribution in [3.8, 4) is 28.6 Å². The second-order valence-electron chi connectivity index (χ2n) is 10.0. The lowest BCUT2D eigenvalue weighted by atomic mass is 10.0. The lowest BCUT2D eigenvalue weighted by Gasteiger charge is -2.28. The lowest BCUT2D eigenvalue weighted by Crippen LogP contribution is -2.29. The number of carbonyl (C=O) groups is 1. The molecule has 1 aliphatic heterocycles. The number of fused-ring (bicyclic) bond motifs is 1. The average Bonchev–Trinajstić information content (AvgIpc) is 2.96. The highest BCUT2D eigenvalue weighted by atomic mass is 16.5. The van der Waals surface area contributed by atoms with E-state index in [9.17, 15) is 9.59 Å². The second-order valence-corrected chi connectivity index (χ2v) is 10.0. The molecular formula is C31H34N4O5. The number of benzene rings is 3. The second kappa shape index (κ2) is 11.7. The molecule has 2 heterocycles. The molecule has 1 aliphatic rings. The van der Waals surface area contributed by atoms with Gasteiger partial charge in [-0.1, -0.05) is 0 Å². The summed E-state index contributed by atoms with van der Waals surface area (Å²) in [7, 11) is 3.05. The van der Waals surface area contributed by atoms with Gasteiger partial charge >= 0.3 is 0 Å². The highest BCUT2D eigenvalue weighted by Crippen LogP contribution is 2.32. The van der Waals surface area contributed by atoms with E-state index in [1.165, 1.54) is 32.1 Å². The van der Waals surface area contributed by atoms with E-state index in [1.807, 2.05) is 50.2 Å². The van der Waals surface area contributed by atoms with Crippen molar-refractivity contribution in [1.29, 1.82) is 0 Å². The summed E-state index contributed by atoms with van der Waals surface area (Å²) >= 11 is 0. The number of aromatic amines is 1. The Balaban J connectivity index is 1.29. The van der Waals surface area contributed by atoms with E-state index < -0.39 is 0 Å². The molecule has 0 bridgehead atoms. The van der Waals surface area contributed by atoms with Gasteiger partial charge in [-0.15, -0.1) is 0 Å². The van der Waals surface area contributed by atoms with Crippen LogP contribution in [0.25, 0.3) is 22.3 Å². The molecule has 1 aromatic heterocycles. The standard InChI is InChI=1S/C31H34N4O5/c1-19-14-21(30-33-25-16-24(38-3)17-26(39-4)28(25)31(37)34-30)15-20(2)29(19)40-18-27(36)32-22-8-10-23(11-9-22)35-12-6-5-7-13-35/h8-11,14-17H,5-7,12-13,18H2,1-4H3,(H,32,36)(H,33,34,37). The van der Waals surface area contributed by atoms with Crippen molar-refractivity contribution in [2.75, 3.05) is 44.1 Å². The summed E-state index contributed by atoms with van der Waals surface area (Å²) < 4.78 is 16.6. The van der Waals surface area contributed by atoms with Gasteiger partial charge in [0.05, 0.1) is 19.7 Å². The lowest BCUT2D eigenvalue weighted by molar-refractivity contribution is -0.118. The third kappa shape index (κ3) is 5.73. The van der Waals surface area contributed by atoms with Crippen LogP contribution in [-0.4, -0.2) is 49.8 Å². The first-order chi connectivity index (χ1) is 19.4. The van der Waals surface area contributed by atoms with E-state index in [-0.39, 0.29) is 18.1 Å². The van der Waals surface area contributed by atoms with Crippen molar-refractivity contribution in [2.24, 2.45) is 0 Å². The Labute approximate surface area is 233 Å². The van der Waals surface area contributed by atoms with Crippen molar-refractivity contribution in [2.45, 2.75) is 33.1 Å². The summed E-state index contributed by atoms with van der Waals surface area (Å²) in [5.41, 5.74) is 4.43. The first-order valence-electron chi connectivity index (χ1n) is 13.4. The van der Waals surface area contributed by atoms with E-state index in [0.717, 1.165) is 35.5 Å². The summed E-state index contributed by atoms with van der Waals surface area (Å²) in [6.07, 6.45) is 3.73. The molecule has 9 heteroatoms. The van der Waals surface area contributed by atoms with Gasteiger partial charge < -0.3 is 29.4 Å². The molecule has 2 N–H and O–H groups in total. The van der Waals surface area contributed by atoms with Crippen LogP contribution in [-0.2, 0) is 4.79 Å². The van der Waals surface area contributed by atoms with E-state index in [1.54, 1.807) is 19.2 Å². The topological polar surface area (TPSA) is 106 Å². The molecule has 40 heavy (non-hydrogen) atoms. The SMILES string of the molecule is COc1cc(OC)c2c(=O)[nH]c(-c3cc(C)c(OCC(=O)Nc4ccc(N5CCCCC5)cc4)c(C)c3)nc2c1. The Morgan fingerprint density at radius 2 is 1.68 bits per heavy atom. The quantitative estimate of drug-likeness (QED) is 0.314. The minimum atomic E-state index is -0.309. The zero-order valence-electron chi connectivity index (χ0n) is 23.3. The van der Waals surface area contributed by atoms with Gasteiger partial charge in [-0.3, -0.25) is 9.59 Å². The van der Waals surface area contributed by atoms with Crippen LogP contribution in [0.2, 0.25) is 0 Å². The maximum Gasteiger partial charge on any atom is 0.262 e. The smallest absolute Gasteiger partial charge is 0.262 e. The number of amides is 1. The third-order valence-corrected chi connectivity index (χ3v) is 7.16. The molecule has 4 aromatic rings. The molecule has 0 aliphatic carbocycles. The minimum absolute atomic E-state index is 0.125. The molecule has 3 aromatic carbocycles. The Kier molecular flexibility index (Phi) is 7.91. The third-order valence-electron chi connectivity index (χ3n) is 7.16. The van der Waals surface area contributed by atoms with Crippen LogP contribution >= 0.6 is 0 Å². The maximum atomic E-state index is 12.9. The van der Waals surface area contributed by atoms with Crippen molar-refractivity contribution >= 4 is 28.2 Å². The van der Waals surface area contributed by atoms with E-state index in [4.69, 9.17) is 14.2 Å². The fourth-order valence-corrected chi connectivity index (χ4v) is 5.18. The Morgan fingerprint density at radius 3 is 2.33 bits per heavy atom. The van der Waals surface area contributed by atoms with Crippen molar-refractivity contribution in [3.05, 3.63) is 70.0 Å². The zero-order chi connectivity index (χ0) is 28.2. The fraction of sp³-hybridized carbons (Fsp3) is 0.323. The monoisotopic (exact) mass is 542 g/mol. The summed E-state index contributed by atoms with van der Waals surface area (Å²) in [6.45, 7) is 5.82. The van der Waals surface area contributed by atoms with Gasteiger partial charge in [0.1, 0.15) is 28.5 Å². The molecule has 0 spiro atoms. The fourth-order valence-electron chi connectivity index (χ4n) is 5.18. The molecule has 9 nitrogen and oxygen atoms in total. The highest BCUT2D eigenvalue weighted by Gasteiger charge is 2.16. The maximum absolute atomic E-state index is 12.9. The number of aromatic nitrogens is 2. The average molecular weight is 543 g/mol. The van der Waals surface area contributed by atoms with Gasteiger partial charge in [0, 0.05) is 42.2 Å². The van der Waals surface area contributed by atoms with Crippen molar-refractivity contribution in [3.63, 3.8) is 0 Å². The number of nitrogens with one attached hydrogen (secondary N) is 2. The first kappa shape index (κ1) is 27.1. The van der Waals surface area contributed by atoms with Crippen molar-refractivity contribution in [1.82, 2.24) is 9.97 Å². The summed E-state index contributed by atoms with van der Waals surface area (Å²) in [4.78, 5) is 35.5. The number of ether oxygens (including phenoxy) is 3. The van der Waals surface area contributed by atoms with Gasteiger partial charge in [0.25, 0.3) is 11.5 Å². The van der Waals surface area contributed by atoms with Crippen LogP contribution in [0.5, 0.6) is 17.2 Å². The molecule has 0 saturated carbocycles. The number of aryl methyl sites for hydroxylation is 2. The molecule has 1 amide bonds. The summed E-state index contributed by atoms with van der Waals surface area (Å²) in [6, 6.07) is 15.1. The molecule has 0 unspecified atom stereocenters. The number of hydrogen-bond acceptors (Lipinski definition) is 7. The Bertz CT molecular complexity index is 1570. The normalized spacial score (nSPS) is 13.2. The van der Waals surface area contributed by atoms with Crippen LogP contribution in [0.3, 0.4) is 0 Å². The van der Waals surface area contributed by atoms with E-state index in [0.29, 0.717) is 34.0 Å². The first-order valence-corrected chi connectivity index (χ1v) is 13.4. The molecule has 1 fully saturated rings. The minimum Gasteiger partial charge on any atom is -0.497 e. The van der Waals surface area contributed by atoms with Gasteiger partial charge in [-0.2, -0.15) is 0 Å². The van der Waals surface area contributed by atoms with Crippen LogP contribution in [0.1, 0.15) is 30.4 Å². The van der Waals surface area contributed by atoms with E-state index >= 15 is 0 Å². The summed E-state index contributed by atoms with van der Waals surface area (Å²) in [5, 5.41) is 3.26. The van der Waals surface area contributed by atoms with Gasteiger partial charge in [-0.05, 0) is 80.6 Å². The molecule has 0 atom stereocenters. The van der Waals surface area contributed by atoms with E-state index in [2.05, 4.69) is 20.2 Å². The molecule has 1 saturated heterocycles. The predicted molar refractivity (Wildman–Crippen MR) is 157 cm³/mol. The largest absolute Gasteiger partial charge is 0.497 e. The van der Waals surface area contributed by atoms with Crippen LogP contribution < -0.4 is 30.0 Å². The zero-order valence-corrected chi connectivity index (χ0v) is 23.3. The number of piperidine rings is 1. The number of anilines is 2. The number of rotatable bonds is 8. The molecular weight excluding hydrogens is 508 g/mol. The number of hydrogen-bond donors (Lipinski definition) is 2. The Morgan fingerprint density at radius 1 is 0.975 bits per heavy atom. The number of carbonyl (C=O) groups excluding carboxylic acids is 1. The predicted octanol–water partition coefficient (Wildman–Crippen LogP) is 5.23. The van der Waals surface area contributed by atoms with Crippen LogP contribution in [0.15, 0.2) is 53.3 Å². The Hall–Kier alpha value is -4.53. The van der Waals surface area contributed by atoms with Crippen LogP contribution in [0, 0.1) is 13.8 Å². The number of nitrogens with zero attached hydrogens (tertiary/aromatic N) is 2. The van der Waals surface area contributed by atoms with Gasteiger partial charge in [0.15, 0.2) is 6.61 Å². The number of methoxy groups -OCH3 is 2. The molecule has 5 rings (SSSR count). The van der Waals surface area contributed by atoms with Gasteiger partial charge in [0.2, 0.25) is 0 Å². The van der Waals surface area contributed by atoms with Crippen LogP contribution in [0.4, 0.5) is 11.4 Å². The number of H-pyrrole nitrogens is 1. The van der Waals surface area contributed by atoms with Crippen molar-refractivity contribution < 1.29 is 19.0 Å². The highest BCUT2D eigenvalue weighted by molar-refractivity contribution is 5.92. The molecule has 208 valence electrons. The van der Waals surface area contributed by atoms with Gasteiger partial charge in [-0.25, -0.2) is 4.98 Å².